The minimum Gasteiger partial charge on any atom is -0.441 e. The van der Waals surface area contributed by atoms with E-state index < -0.39 is 11.7 Å². The highest BCUT2D eigenvalue weighted by atomic mass is 16.6. The molecule has 2 rings (SSSR count). The van der Waals surface area contributed by atoms with E-state index in [2.05, 4.69) is 29.5 Å². The van der Waals surface area contributed by atoms with Crippen molar-refractivity contribution in [3.05, 3.63) is 11.1 Å². The van der Waals surface area contributed by atoms with Gasteiger partial charge in [0.25, 0.3) is 0 Å². The third-order valence-electron chi connectivity index (χ3n) is 6.67. The molecule has 0 aromatic carbocycles. The van der Waals surface area contributed by atoms with Gasteiger partial charge in [0.15, 0.2) is 0 Å². The summed E-state index contributed by atoms with van der Waals surface area (Å²) in [7, 11) is 1.59. The molecule has 0 radical (unpaired) electrons. The number of carbonyl (C=O) groups excluding carboxylic acids is 2. The lowest BCUT2D eigenvalue weighted by atomic mass is 9.96. The number of amides is 3. The Hall–Kier alpha value is -2.09. The van der Waals surface area contributed by atoms with Gasteiger partial charge in [0.1, 0.15) is 5.60 Å². The number of alkyl carbamates (subject to hydrolysis) is 1. The second kappa shape index (κ2) is 11.7. The van der Waals surface area contributed by atoms with Gasteiger partial charge in [-0.15, -0.1) is 0 Å². The van der Waals surface area contributed by atoms with Crippen molar-refractivity contribution in [1.82, 2.24) is 15.5 Å². The standard InChI is InChI=1S/C24H42N4O4/c1-7-24(10-12-26-22(30)32-23(4,5)17-31-6)13-20(24)14-27-21(29)28-15-18(3)19(16-28)9-11-25-8-2/h11,20H,7-10,12-17H2,1-6H3,(H,26,30)(H,27,29). The molecule has 1 saturated carbocycles. The van der Waals surface area contributed by atoms with E-state index in [1.807, 2.05) is 31.9 Å². The molecule has 2 N–H and O–H groups in total. The molecule has 1 heterocycles. The zero-order valence-electron chi connectivity index (χ0n) is 20.8. The summed E-state index contributed by atoms with van der Waals surface area (Å²) in [6.07, 6.45) is 5.34. The Morgan fingerprint density at radius 3 is 2.69 bits per heavy atom. The smallest absolute Gasteiger partial charge is 0.407 e. The monoisotopic (exact) mass is 450 g/mol. The summed E-state index contributed by atoms with van der Waals surface area (Å²) in [6, 6.07) is 0.00533. The second-order valence-corrected chi connectivity index (χ2v) is 9.69. The van der Waals surface area contributed by atoms with Crippen molar-refractivity contribution in [2.45, 2.75) is 65.9 Å². The number of rotatable bonds is 12. The fraction of sp³-hybridized carbons (Fsp3) is 0.792. The number of hydrogen-bond donors (Lipinski definition) is 2. The predicted molar refractivity (Wildman–Crippen MR) is 127 cm³/mol. The SMILES string of the molecule is CCN=CCC1=C(C)CN(C(=O)NCC2CC2(CC)CCNC(=O)OC(C)(C)COC)C1. The van der Waals surface area contributed by atoms with Crippen LogP contribution < -0.4 is 10.6 Å². The average Bonchev–Trinajstić information content (AvgIpc) is 3.30. The van der Waals surface area contributed by atoms with Crippen LogP contribution >= 0.6 is 0 Å². The van der Waals surface area contributed by atoms with Gasteiger partial charge in [0.2, 0.25) is 0 Å². The average molecular weight is 451 g/mol. The maximum Gasteiger partial charge on any atom is 0.407 e. The number of carbonyl (C=O) groups is 2. The largest absolute Gasteiger partial charge is 0.441 e. The summed E-state index contributed by atoms with van der Waals surface area (Å²) >= 11 is 0. The summed E-state index contributed by atoms with van der Waals surface area (Å²) in [5.41, 5.74) is 2.09. The number of aliphatic imine (C=N–C) groups is 1. The molecular weight excluding hydrogens is 408 g/mol. The van der Waals surface area contributed by atoms with E-state index in [-0.39, 0.29) is 11.4 Å². The third kappa shape index (κ3) is 7.50. The Labute approximate surface area is 193 Å². The lowest BCUT2D eigenvalue weighted by molar-refractivity contribution is -0.0184. The van der Waals surface area contributed by atoms with Crippen LogP contribution in [0.3, 0.4) is 0 Å². The van der Waals surface area contributed by atoms with Crippen molar-refractivity contribution in [2.75, 3.05) is 46.4 Å². The number of hydrogen-bond acceptors (Lipinski definition) is 5. The van der Waals surface area contributed by atoms with Gasteiger partial charge in [-0.1, -0.05) is 18.9 Å². The first-order valence-electron chi connectivity index (χ1n) is 11.8. The maximum atomic E-state index is 12.7. The normalized spacial score (nSPS) is 23.1. The van der Waals surface area contributed by atoms with Gasteiger partial charge < -0.3 is 25.0 Å². The molecule has 0 bridgehead atoms. The number of ether oxygens (including phenoxy) is 2. The molecule has 0 aromatic heterocycles. The predicted octanol–water partition coefficient (Wildman–Crippen LogP) is 3.77. The van der Waals surface area contributed by atoms with E-state index >= 15 is 0 Å². The molecule has 0 spiro atoms. The van der Waals surface area contributed by atoms with E-state index in [1.54, 1.807) is 7.11 Å². The number of nitrogens with one attached hydrogen (secondary N) is 2. The van der Waals surface area contributed by atoms with Crippen LogP contribution in [-0.4, -0.2) is 75.3 Å². The van der Waals surface area contributed by atoms with Crippen LogP contribution in [0.4, 0.5) is 9.59 Å². The van der Waals surface area contributed by atoms with E-state index in [0.29, 0.717) is 38.7 Å². The van der Waals surface area contributed by atoms with Crippen molar-refractivity contribution in [3.8, 4) is 0 Å². The van der Waals surface area contributed by atoms with Crippen LogP contribution in [0, 0.1) is 11.3 Å². The van der Waals surface area contributed by atoms with Crippen LogP contribution in [0.25, 0.3) is 0 Å². The molecule has 0 saturated heterocycles. The molecule has 1 aliphatic heterocycles. The molecule has 8 nitrogen and oxygen atoms in total. The Kier molecular flexibility index (Phi) is 9.55. The molecule has 0 aromatic rings. The van der Waals surface area contributed by atoms with Gasteiger partial charge in [0.05, 0.1) is 6.61 Å². The van der Waals surface area contributed by atoms with Gasteiger partial charge in [-0.25, -0.2) is 9.59 Å². The summed E-state index contributed by atoms with van der Waals surface area (Å²) in [6.45, 7) is 13.7. The van der Waals surface area contributed by atoms with Gasteiger partial charge in [-0.05, 0) is 57.4 Å². The first-order valence-corrected chi connectivity index (χ1v) is 11.8. The molecule has 2 aliphatic rings. The highest BCUT2D eigenvalue weighted by Crippen LogP contribution is 2.57. The van der Waals surface area contributed by atoms with Crippen molar-refractivity contribution in [1.29, 1.82) is 0 Å². The minimum absolute atomic E-state index is 0.00533. The van der Waals surface area contributed by atoms with E-state index in [4.69, 9.17) is 9.47 Å². The summed E-state index contributed by atoms with van der Waals surface area (Å²) < 4.78 is 10.5. The first kappa shape index (κ1) is 26.2. The Bertz CT molecular complexity index is 719. The van der Waals surface area contributed by atoms with E-state index in [0.717, 1.165) is 32.2 Å². The molecule has 1 aliphatic carbocycles. The number of nitrogens with zero attached hydrogens (tertiary/aromatic N) is 2. The van der Waals surface area contributed by atoms with Crippen molar-refractivity contribution < 1.29 is 19.1 Å². The molecule has 8 heteroatoms. The lowest BCUT2D eigenvalue weighted by Crippen LogP contribution is -2.40. The van der Waals surface area contributed by atoms with Gasteiger partial charge in [0, 0.05) is 52.5 Å². The van der Waals surface area contributed by atoms with Gasteiger partial charge >= 0.3 is 12.1 Å². The highest BCUT2D eigenvalue weighted by molar-refractivity contribution is 5.76. The third-order valence-corrected chi connectivity index (χ3v) is 6.67. The summed E-state index contributed by atoms with van der Waals surface area (Å²) in [5.74, 6) is 0.451. The number of urea groups is 1. The van der Waals surface area contributed by atoms with Crippen LogP contribution in [-0.2, 0) is 9.47 Å². The van der Waals surface area contributed by atoms with Crippen LogP contribution in [0.2, 0.25) is 0 Å². The van der Waals surface area contributed by atoms with E-state index in [1.165, 1.54) is 11.1 Å². The van der Waals surface area contributed by atoms with Crippen molar-refractivity contribution in [3.63, 3.8) is 0 Å². The van der Waals surface area contributed by atoms with Crippen LogP contribution in [0.15, 0.2) is 16.1 Å². The summed E-state index contributed by atoms with van der Waals surface area (Å²) in [5, 5.41) is 5.99. The molecule has 182 valence electrons. The lowest BCUT2D eigenvalue weighted by Gasteiger charge is -2.24. The van der Waals surface area contributed by atoms with Crippen LogP contribution in [0.5, 0.6) is 0 Å². The van der Waals surface area contributed by atoms with Crippen molar-refractivity contribution >= 4 is 18.3 Å². The molecule has 32 heavy (non-hydrogen) atoms. The Morgan fingerprint density at radius 2 is 2.03 bits per heavy atom. The van der Waals surface area contributed by atoms with Gasteiger partial charge in [-0.3, -0.25) is 4.99 Å². The zero-order valence-corrected chi connectivity index (χ0v) is 20.8. The van der Waals surface area contributed by atoms with Gasteiger partial charge in [-0.2, -0.15) is 0 Å². The minimum atomic E-state index is -0.654. The quantitative estimate of drug-likeness (QED) is 0.350. The molecule has 1 fully saturated rings. The fourth-order valence-corrected chi connectivity index (χ4v) is 4.54. The van der Waals surface area contributed by atoms with Crippen LogP contribution in [0.1, 0.15) is 60.3 Å². The molecule has 2 unspecified atom stereocenters. The molecular formula is C24H42N4O4. The Morgan fingerprint density at radius 1 is 1.28 bits per heavy atom. The maximum absolute atomic E-state index is 12.7. The zero-order chi connectivity index (χ0) is 23.8. The highest BCUT2D eigenvalue weighted by Gasteiger charge is 2.51. The topological polar surface area (TPSA) is 92.3 Å². The molecule has 2 atom stereocenters. The first-order chi connectivity index (χ1) is 15.2. The van der Waals surface area contributed by atoms with Crippen molar-refractivity contribution in [2.24, 2.45) is 16.3 Å². The Balaban J connectivity index is 1.70. The summed E-state index contributed by atoms with van der Waals surface area (Å²) in [4.78, 5) is 30.9. The fourth-order valence-electron chi connectivity index (χ4n) is 4.54. The van der Waals surface area contributed by atoms with E-state index in [9.17, 15) is 9.59 Å². The second-order valence-electron chi connectivity index (χ2n) is 9.69. The number of methoxy groups -OCH3 is 1. The molecule has 3 amide bonds.